The first-order valence-electron chi connectivity index (χ1n) is 6.04. The molecule has 1 unspecified atom stereocenters. The van der Waals surface area contributed by atoms with Crippen molar-refractivity contribution in [1.29, 1.82) is 0 Å². The van der Waals surface area contributed by atoms with E-state index in [4.69, 9.17) is 0 Å². The van der Waals surface area contributed by atoms with E-state index in [1.54, 1.807) is 0 Å². The van der Waals surface area contributed by atoms with Gasteiger partial charge in [0.15, 0.2) is 0 Å². The van der Waals surface area contributed by atoms with Crippen molar-refractivity contribution in [2.24, 2.45) is 5.41 Å². The van der Waals surface area contributed by atoms with Crippen LogP contribution in [0.3, 0.4) is 0 Å². The van der Waals surface area contributed by atoms with Crippen molar-refractivity contribution in [3.63, 3.8) is 0 Å². The average molecular weight is 200 g/mol. The standard InChI is InChI=1S/C10H22N2.C2H6/c1-4-10(5-7-11-9-10)6-8-12(2)3;1-2/h11H,4-9H2,1-3H3;1-2H3. The van der Waals surface area contributed by atoms with Crippen molar-refractivity contribution in [1.82, 2.24) is 10.2 Å². The fraction of sp³-hybridized carbons (Fsp3) is 1.00. The lowest BCUT2D eigenvalue weighted by Gasteiger charge is -2.28. The minimum absolute atomic E-state index is 0.615. The summed E-state index contributed by atoms with van der Waals surface area (Å²) in [5.74, 6) is 0. The van der Waals surface area contributed by atoms with Crippen molar-refractivity contribution >= 4 is 0 Å². The Hall–Kier alpha value is -0.0800. The molecule has 1 saturated heterocycles. The number of rotatable bonds is 4. The summed E-state index contributed by atoms with van der Waals surface area (Å²) >= 11 is 0. The Kier molecular flexibility index (Phi) is 7.20. The second-order valence-corrected chi connectivity index (χ2v) is 4.33. The summed E-state index contributed by atoms with van der Waals surface area (Å²) in [6, 6.07) is 0. The van der Waals surface area contributed by atoms with Gasteiger partial charge in [-0.3, -0.25) is 0 Å². The van der Waals surface area contributed by atoms with Crippen LogP contribution in [0.25, 0.3) is 0 Å². The third kappa shape index (κ3) is 4.43. The predicted molar refractivity (Wildman–Crippen MR) is 64.7 cm³/mol. The summed E-state index contributed by atoms with van der Waals surface area (Å²) in [5, 5.41) is 3.47. The molecule has 1 aliphatic rings. The zero-order valence-electron chi connectivity index (χ0n) is 10.7. The predicted octanol–water partition coefficient (Wildman–Crippen LogP) is 2.35. The van der Waals surface area contributed by atoms with Crippen LogP contribution in [0, 0.1) is 5.41 Å². The first-order chi connectivity index (χ1) is 6.68. The third-order valence-corrected chi connectivity index (χ3v) is 3.17. The molecule has 0 aromatic carbocycles. The van der Waals surface area contributed by atoms with Gasteiger partial charge < -0.3 is 10.2 Å². The molecule has 14 heavy (non-hydrogen) atoms. The molecule has 0 amide bonds. The first-order valence-corrected chi connectivity index (χ1v) is 6.04. The van der Waals surface area contributed by atoms with Gasteiger partial charge in [0.1, 0.15) is 0 Å². The molecule has 1 aliphatic heterocycles. The highest BCUT2D eigenvalue weighted by Gasteiger charge is 2.31. The number of nitrogens with zero attached hydrogens (tertiary/aromatic N) is 1. The SMILES string of the molecule is CC.CCC1(CCN(C)C)CCNC1. The largest absolute Gasteiger partial charge is 0.316 e. The van der Waals surface area contributed by atoms with E-state index in [0.717, 1.165) is 0 Å². The van der Waals surface area contributed by atoms with Crippen molar-refractivity contribution in [3.8, 4) is 0 Å². The summed E-state index contributed by atoms with van der Waals surface area (Å²) in [7, 11) is 4.32. The number of nitrogens with one attached hydrogen (secondary N) is 1. The summed E-state index contributed by atoms with van der Waals surface area (Å²) in [5.41, 5.74) is 0.615. The molecule has 1 rings (SSSR count). The molecule has 1 atom stereocenters. The highest BCUT2D eigenvalue weighted by molar-refractivity contribution is 4.86. The maximum atomic E-state index is 3.47. The van der Waals surface area contributed by atoms with E-state index in [2.05, 4.69) is 31.2 Å². The van der Waals surface area contributed by atoms with E-state index < -0.39 is 0 Å². The highest BCUT2D eigenvalue weighted by atomic mass is 15.1. The maximum absolute atomic E-state index is 3.47. The van der Waals surface area contributed by atoms with Crippen LogP contribution in [0.1, 0.15) is 40.0 Å². The van der Waals surface area contributed by atoms with Crippen LogP contribution < -0.4 is 5.32 Å². The minimum Gasteiger partial charge on any atom is -0.316 e. The molecular formula is C12H28N2. The summed E-state index contributed by atoms with van der Waals surface area (Å²) in [4.78, 5) is 2.29. The summed E-state index contributed by atoms with van der Waals surface area (Å²) in [6.07, 6.45) is 4.05. The van der Waals surface area contributed by atoms with Crippen molar-refractivity contribution in [2.45, 2.75) is 40.0 Å². The molecule has 0 saturated carbocycles. The van der Waals surface area contributed by atoms with Gasteiger partial charge in [0.05, 0.1) is 0 Å². The van der Waals surface area contributed by atoms with E-state index in [0.29, 0.717) is 5.41 Å². The summed E-state index contributed by atoms with van der Waals surface area (Å²) < 4.78 is 0. The zero-order chi connectivity index (χ0) is 11.0. The monoisotopic (exact) mass is 200 g/mol. The van der Waals surface area contributed by atoms with E-state index in [1.165, 1.54) is 38.9 Å². The van der Waals surface area contributed by atoms with Gasteiger partial charge in [-0.05, 0) is 51.9 Å². The molecule has 1 heterocycles. The van der Waals surface area contributed by atoms with Gasteiger partial charge in [-0.2, -0.15) is 0 Å². The Balaban J connectivity index is 0.000000791. The Morgan fingerprint density at radius 3 is 2.29 bits per heavy atom. The molecule has 2 nitrogen and oxygen atoms in total. The smallest absolute Gasteiger partial charge is 0.000866 e. The normalized spacial score (nSPS) is 26.1. The lowest BCUT2D eigenvalue weighted by Crippen LogP contribution is -2.28. The number of hydrogen-bond acceptors (Lipinski definition) is 2. The lowest BCUT2D eigenvalue weighted by molar-refractivity contribution is 0.241. The molecule has 0 aliphatic carbocycles. The third-order valence-electron chi connectivity index (χ3n) is 3.17. The van der Waals surface area contributed by atoms with Crippen molar-refractivity contribution in [3.05, 3.63) is 0 Å². The average Bonchev–Trinajstić information content (AvgIpc) is 2.67. The molecule has 0 bridgehead atoms. The van der Waals surface area contributed by atoms with Gasteiger partial charge in [-0.25, -0.2) is 0 Å². The van der Waals surface area contributed by atoms with Crippen molar-refractivity contribution in [2.75, 3.05) is 33.7 Å². The molecule has 2 heteroatoms. The number of hydrogen-bond donors (Lipinski definition) is 1. The van der Waals surface area contributed by atoms with Crippen LogP contribution in [0.15, 0.2) is 0 Å². The molecule has 1 N–H and O–H groups in total. The molecule has 0 aromatic heterocycles. The molecule has 0 radical (unpaired) electrons. The van der Waals surface area contributed by atoms with E-state index in [1.807, 2.05) is 13.8 Å². The van der Waals surface area contributed by atoms with Crippen molar-refractivity contribution < 1.29 is 0 Å². The van der Waals surface area contributed by atoms with Gasteiger partial charge in [0.2, 0.25) is 0 Å². The zero-order valence-corrected chi connectivity index (χ0v) is 10.7. The lowest BCUT2D eigenvalue weighted by atomic mass is 9.81. The van der Waals surface area contributed by atoms with Gasteiger partial charge in [0, 0.05) is 6.54 Å². The van der Waals surface area contributed by atoms with Crippen LogP contribution in [-0.2, 0) is 0 Å². The second kappa shape index (κ2) is 7.24. The Morgan fingerprint density at radius 1 is 1.29 bits per heavy atom. The first kappa shape index (κ1) is 13.9. The van der Waals surface area contributed by atoms with Gasteiger partial charge in [0.25, 0.3) is 0 Å². The van der Waals surface area contributed by atoms with Crippen LogP contribution in [0.2, 0.25) is 0 Å². The van der Waals surface area contributed by atoms with Gasteiger partial charge in [-0.1, -0.05) is 20.8 Å². The van der Waals surface area contributed by atoms with Crippen LogP contribution >= 0.6 is 0 Å². The Bertz CT molecular complexity index is 126. The summed E-state index contributed by atoms with van der Waals surface area (Å²) in [6.45, 7) is 10.0. The molecule has 0 aromatic rings. The molecule has 86 valence electrons. The van der Waals surface area contributed by atoms with Gasteiger partial charge >= 0.3 is 0 Å². The quantitative estimate of drug-likeness (QED) is 0.749. The van der Waals surface area contributed by atoms with Crippen LogP contribution in [0.5, 0.6) is 0 Å². The fourth-order valence-corrected chi connectivity index (χ4v) is 1.95. The molecule has 0 spiro atoms. The second-order valence-electron chi connectivity index (χ2n) is 4.33. The molecular weight excluding hydrogens is 172 g/mol. The molecule has 1 fully saturated rings. The van der Waals surface area contributed by atoms with E-state index in [9.17, 15) is 0 Å². The van der Waals surface area contributed by atoms with Crippen LogP contribution in [-0.4, -0.2) is 38.6 Å². The fourth-order valence-electron chi connectivity index (χ4n) is 1.95. The van der Waals surface area contributed by atoms with Gasteiger partial charge in [-0.15, -0.1) is 0 Å². The van der Waals surface area contributed by atoms with Crippen LogP contribution in [0.4, 0.5) is 0 Å². The Morgan fingerprint density at radius 2 is 1.93 bits per heavy atom. The minimum atomic E-state index is 0.615. The van der Waals surface area contributed by atoms with E-state index >= 15 is 0 Å². The van der Waals surface area contributed by atoms with E-state index in [-0.39, 0.29) is 0 Å². The topological polar surface area (TPSA) is 15.3 Å². The highest BCUT2D eigenvalue weighted by Crippen LogP contribution is 2.32. The maximum Gasteiger partial charge on any atom is 0.000866 e. The Labute approximate surface area is 90.1 Å².